The van der Waals surface area contributed by atoms with Crippen molar-refractivity contribution in [3.8, 4) is 0 Å². The number of ketones is 1. The highest BCUT2D eigenvalue weighted by Gasteiger charge is 2.39. The van der Waals surface area contributed by atoms with Gasteiger partial charge < -0.3 is 10.6 Å². The standard InChI is InChI=1S/C18H14F4N2O/c1-24-15(11-5-3-7-13(19)9-11)16(25)14(17(24)23)10-4-2-6-12(8-10)18(20,21)22/h2-9,15H,23H2,1H3. The Morgan fingerprint density at radius 3 is 2.40 bits per heavy atom. The van der Waals surface area contributed by atoms with Crippen molar-refractivity contribution in [1.29, 1.82) is 0 Å². The Morgan fingerprint density at radius 1 is 1.08 bits per heavy atom. The fraction of sp³-hybridized carbons (Fsp3) is 0.167. The molecule has 3 rings (SSSR count). The molecule has 1 atom stereocenters. The summed E-state index contributed by atoms with van der Waals surface area (Å²) in [6.07, 6.45) is -4.53. The van der Waals surface area contributed by atoms with Gasteiger partial charge in [-0.1, -0.05) is 24.3 Å². The molecule has 0 aromatic heterocycles. The van der Waals surface area contributed by atoms with Gasteiger partial charge in [0.25, 0.3) is 0 Å². The van der Waals surface area contributed by atoms with Gasteiger partial charge in [-0.25, -0.2) is 4.39 Å². The minimum Gasteiger partial charge on any atom is -0.385 e. The molecule has 0 spiro atoms. The van der Waals surface area contributed by atoms with Crippen molar-refractivity contribution < 1.29 is 22.4 Å². The van der Waals surface area contributed by atoms with Crippen LogP contribution >= 0.6 is 0 Å². The van der Waals surface area contributed by atoms with Crippen LogP contribution < -0.4 is 5.73 Å². The van der Waals surface area contributed by atoms with Crippen molar-refractivity contribution in [1.82, 2.24) is 4.90 Å². The summed E-state index contributed by atoms with van der Waals surface area (Å²) in [5.41, 5.74) is 5.59. The molecule has 1 aliphatic rings. The smallest absolute Gasteiger partial charge is 0.385 e. The number of carbonyl (C=O) groups is 1. The van der Waals surface area contributed by atoms with Crippen molar-refractivity contribution in [3.63, 3.8) is 0 Å². The predicted molar refractivity (Wildman–Crippen MR) is 84.5 cm³/mol. The molecular weight excluding hydrogens is 336 g/mol. The zero-order valence-electron chi connectivity index (χ0n) is 13.1. The molecule has 3 nitrogen and oxygen atoms in total. The Hall–Kier alpha value is -2.83. The maximum absolute atomic E-state index is 13.5. The molecule has 0 radical (unpaired) electrons. The van der Waals surface area contributed by atoms with Crippen LogP contribution in [0.1, 0.15) is 22.7 Å². The molecule has 1 aliphatic heterocycles. The molecule has 0 amide bonds. The lowest BCUT2D eigenvalue weighted by molar-refractivity contribution is -0.137. The van der Waals surface area contributed by atoms with Crippen LogP contribution in [0.2, 0.25) is 0 Å². The van der Waals surface area contributed by atoms with Gasteiger partial charge in [-0.15, -0.1) is 0 Å². The summed E-state index contributed by atoms with van der Waals surface area (Å²) in [5.74, 6) is -0.923. The fourth-order valence-electron chi connectivity index (χ4n) is 2.95. The third-order valence-corrected chi connectivity index (χ3v) is 4.16. The highest BCUT2D eigenvalue weighted by molar-refractivity contribution is 6.26. The van der Waals surface area contributed by atoms with E-state index >= 15 is 0 Å². The van der Waals surface area contributed by atoms with E-state index in [0.29, 0.717) is 5.56 Å². The van der Waals surface area contributed by atoms with E-state index < -0.39 is 29.4 Å². The zero-order valence-corrected chi connectivity index (χ0v) is 13.1. The summed E-state index contributed by atoms with van der Waals surface area (Å²) < 4.78 is 52.3. The Balaban J connectivity index is 2.05. The van der Waals surface area contributed by atoms with E-state index in [2.05, 4.69) is 0 Å². The van der Waals surface area contributed by atoms with Crippen molar-refractivity contribution in [2.45, 2.75) is 12.2 Å². The van der Waals surface area contributed by atoms with Crippen molar-refractivity contribution in [2.75, 3.05) is 7.05 Å². The molecule has 2 aromatic carbocycles. The second-order valence-electron chi connectivity index (χ2n) is 5.77. The van der Waals surface area contributed by atoms with E-state index in [-0.39, 0.29) is 17.0 Å². The van der Waals surface area contributed by atoms with Crippen LogP contribution in [-0.4, -0.2) is 17.7 Å². The molecule has 1 unspecified atom stereocenters. The predicted octanol–water partition coefficient (Wildman–Crippen LogP) is 3.73. The molecule has 0 saturated carbocycles. The van der Waals surface area contributed by atoms with Gasteiger partial charge in [0.05, 0.1) is 11.1 Å². The van der Waals surface area contributed by atoms with Gasteiger partial charge in [0.1, 0.15) is 17.7 Å². The van der Waals surface area contributed by atoms with Crippen LogP contribution in [0, 0.1) is 5.82 Å². The zero-order chi connectivity index (χ0) is 18.4. The van der Waals surface area contributed by atoms with E-state index in [4.69, 9.17) is 5.73 Å². The largest absolute Gasteiger partial charge is 0.416 e. The van der Waals surface area contributed by atoms with Gasteiger partial charge in [0.15, 0.2) is 5.78 Å². The van der Waals surface area contributed by atoms with E-state index in [1.54, 1.807) is 13.1 Å². The number of hydrogen-bond acceptors (Lipinski definition) is 3. The molecule has 7 heteroatoms. The number of halogens is 4. The average Bonchev–Trinajstić information content (AvgIpc) is 2.76. The highest BCUT2D eigenvalue weighted by atomic mass is 19.4. The number of carbonyl (C=O) groups excluding carboxylic acids is 1. The fourth-order valence-corrected chi connectivity index (χ4v) is 2.95. The number of rotatable bonds is 2. The molecule has 0 aliphatic carbocycles. The lowest BCUT2D eigenvalue weighted by Crippen LogP contribution is -2.25. The Bertz CT molecular complexity index is 873. The first kappa shape index (κ1) is 17.0. The summed E-state index contributed by atoms with van der Waals surface area (Å²) in [4.78, 5) is 14.3. The van der Waals surface area contributed by atoms with Gasteiger partial charge in [-0.3, -0.25) is 4.79 Å². The monoisotopic (exact) mass is 350 g/mol. The molecule has 0 bridgehead atoms. The number of Topliss-reactive ketones (excluding diaryl/α,β-unsaturated/α-hetero) is 1. The van der Waals surface area contributed by atoms with E-state index in [9.17, 15) is 22.4 Å². The van der Waals surface area contributed by atoms with Crippen LogP contribution in [0.5, 0.6) is 0 Å². The second kappa shape index (κ2) is 5.91. The maximum atomic E-state index is 13.5. The first-order valence-corrected chi connectivity index (χ1v) is 7.40. The van der Waals surface area contributed by atoms with E-state index in [0.717, 1.165) is 12.1 Å². The molecule has 2 N–H and O–H groups in total. The van der Waals surface area contributed by atoms with Crippen molar-refractivity contribution in [2.24, 2.45) is 5.73 Å². The first-order valence-electron chi connectivity index (χ1n) is 7.40. The summed E-state index contributed by atoms with van der Waals surface area (Å²) >= 11 is 0. The third-order valence-electron chi connectivity index (χ3n) is 4.16. The molecule has 130 valence electrons. The van der Waals surface area contributed by atoms with Gasteiger partial charge in [-0.2, -0.15) is 13.2 Å². The third kappa shape index (κ3) is 2.97. The molecule has 2 aromatic rings. The molecule has 1 heterocycles. The summed E-state index contributed by atoms with van der Waals surface area (Å²) in [5, 5.41) is 0. The SMILES string of the molecule is CN1C(N)=C(c2cccc(C(F)(F)F)c2)C(=O)C1c1cccc(F)c1. The summed E-state index contributed by atoms with van der Waals surface area (Å²) in [7, 11) is 1.55. The van der Waals surface area contributed by atoms with E-state index in [1.807, 2.05) is 0 Å². The maximum Gasteiger partial charge on any atom is 0.416 e. The topological polar surface area (TPSA) is 46.3 Å². The van der Waals surface area contributed by atoms with E-state index in [1.165, 1.54) is 35.2 Å². The lowest BCUT2D eigenvalue weighted by atomic mass is 9.95. The first-order chi connectivity index (χ1) is 11.7. The summed E-state index contributed by atoms with van der Waals surface area (Å²) in [6.45, 7) is 0. The van der Waals surface area contributed by atoms with Crippen LogP contribution in [0.15, 0.2) is 54.4 Å². The normalized spacial score (nSPS) is 18.2. The van der Waals surface area contributed by atoms with Crippen LogP contribution in [0.3, 0.4) is 0 Å². The van der Waals surface area contributed by atoms with Crippen molar-refractivity contribution in [3.05, 3.63) is 76.9 Å². The Morgan fingerprint density at radius 2 is 1.76 bits per heavy atom. The molecular formula is C18H14F4N2O. The minimum atomic E-state index is -4.53. The number of hydrogen-bond donors (Lipinski definition) is 1. The Labute approximate surface area is 141 Å². The van der Waals surface area contributed by atoms with Crippen LogP contribution in [-0.2, 0) is 11.0 Å². The number of nitrogens with two attached hydrogens (primary N) is 1. The average molecular weight is 350 g/mol. The minimum absolute atomic E-state index is 0.00265. The van der Waals surface area contributed by atoms with Gasteiger partial charge >= 0.3 is 6.18 Å². The summed E-state index contributed by atoms with van der Waals surface area (Å²) in [6, 6.07) is 9.05. The van der Waals surface area contributed by atoms with Gasteiger partial charge in [0.2, 0.25) is 0 Å². The Kier molecular flexibility index (Phi) is 4.02. The number of likely N-dealkylation sites (N-methyl/N-ethyl adjacent to an activating group) is 1. The van der Waals surface area contributed by atoms with Crippen LogP contribution in [0.4, 0.5) is 17.6 Å². The number of benzene rings is 2. The number of nitrogens with zero attached hydrogens (tertiary/aromatic N) is 1. The molecule has 0 saturated heterocycles. The van der Waals surface area contributed by atoms with Crippen molar-refractivity contribution >= 4 is 11.4 Å². The molecule has 25 heavy (non-hydrogen) atoms. The second-order valence-corrected chi connectivity index (χ2v) is 5.77. The molecule has 0 fully saturated rings. The quantitative estimate of drug-likeness (QED) is 0.840. The van der Waals surface area contributed by atoms with Gasteiger partial charge in [0, 0.05) is 7.05 Å². The lowest BCUT2D eigenvalue weighted by Gasteiger charge is -2.22. The van der Waals surface area contributed by atoms with Gasteiger partial charge in [-0.05, 0) is 35.4 Å². The number of alkyl halides is 3. The highest BCUT2D eigenvalue weighted by Crippen LogP contribution is 2.39. The van der Waals surface area contributed by atoms with Crippen LogP contribution in [0.25, 0.3) is 5.57 Å².